The lowest BCUT2D eigenvalue weighted by molar-refractivity contribution is -0.147. The standard InChI is InChI=1S/C14H12BrClF4N4O3S/c1-6(14(18,19)20)23-28(26,27)9-5-24(2)11(10(9)16)13(25)22-7-3-8(15)12(17)21-4-7/h3-6,23H,1-2H3,(H,22,25)/t6-/m1/s1. The highest BCUT2D eigenvalue weighted by atomic mass is 79.9. The highest BCUT2D eigenvalue weighted by Crippen LogP contribution is 2.29. The third-order valence-corrected chi connectivity index (χ3v) is 6.07. The summed E-state index contributed by atoms with van der Waals surface area (Å²) in [6, 6.07) is -1.16. The van der Waals surface area contributed by atoms with Crippen LogP contribution in [0.15, 0.2) is 27.8 Å². The first-order chi connectivity index (χ1) is 12.7. The van der Waals surface area contributed by atoms with Crippen molar-refractivity contribution in [1.29, 1.82) is 0 Å². The van der Waals surface area contributed by atoms with Crippen molar-refractivity contribution >= 4 is 49.1 Å². The number of rotatable bonds is 5. The fraction of sp³-hybridized carbons (Fsp3) is 0.286. The van der Waals surface area contributed by atoms with E-state index in [0.717, 1.165) is 17.0 Å². The van der Waals surface area contributed by atoms with Gasteiger partial charge in [0.1, 0.15) is 16.6 Å². The molecule has 154 valence electrons. The molecule has 0 spiro atoms. The van der Waals surface area contributed by atoms with Crippen LogP contribution in [0.4, 0.5) is 23.2 Å². The molecule has 1 atom stereocenters. The maximum Gasteiger partial charge on any atom is 0.404 e. The largest absolute Gasteiger partial charge is 0.404 e. The molecule has 0 fully saturated rings. The molecule has 0 aliphatic heterocycles. The van der Waals surface area contributed by atoms with E-state index in [4.69, 9.17) is 11.6 Å². The van der Waals surface area contributed by atoms with Crippen LogP contribution in [-0.2, 0) is 17.1 Å². The van der Waals surface area contributed by atoms with E-state index >= 15 is 0 Å². The van der Waals surface area contributed by atoms with Crippen LogP contribution < -0.4 is 10.0 Å². The Bertz CT molecular complexity index is 1030. The monoisotopic (exact) mass is 506 g/mol. The molecule has 2 aromatic rings. The first-order valence-corrected chi connectivity index (χ1v) is 9.95. The van der Waals surface area contributed by atoms with Gasteiger partial charge < -0.3 is 9.88 Å². The topological polar surface area (TPSA) is 93.1 Å². The minimum absolute atomic E-state index is 0.0307. The number of aromatic nitrogens is 2. The van der Waals surface area contributed by atoms with Gasteiger partial charge in [-0.3, -0.25) is 4.79 Å². The Hall–Kier alpha value is -1.70. The Balaban J connectivity index is 2.34. The van der Waals surface area contributed by atoms with Crippen molar-refractivity contribution in [2.75, 3.05) is 5.32 Å². The number of carbonyl (C=O) groups excluding carboxylic acids is 1. The Morgan fingerprint density at radius 2 is 2.00 bits per heavy atom. The second-order valence-corrected chi connectivity index (χ2v) is 8.52. The summed E-state index contributed by atoms with van der Waals surface area (Å²) >= 11 is 8.85. The molecule has 2 heterocycles. The van der Waals surface area contributed by atoms with Crippen molar-refractivity contribution in [1.82, 2.24) is 14.3 Å². The van der Waals surface area contributed by atoms with Crippen LogP contribution in [0.5, 0.6) is 0 Å². The summed E-state index contributed by atoms with van der Waals surface area (Å²) in [7, 11) is -3.38. The summed E-state index contributed by atoms with van der Waals surface area (Å²) in [5.74, 6) is -1.69. The quantitative estimate of drug-likeness (QED) is 0.479. The summed E-state index contributed by atoms with van der Waals surface area (Å²) < 4.78 is 78.0. The third-order valence-electron chi connectivity index (χ3n) is 3.47. The van der Waals surface area contributed by atoms with Crippen LogP contribution in [0.3, 0.4) is 0 Å². The number of nitrogens with zero attached hydrogens (tertiary/aromatic N) is 2. The lowest BCUT2D eigenvalue weighted by Gasteiger charge is -2.16. The fourth-order valence-electron chi connectivity index (χ4n) is 2.06. The zero-order valence-electron chi connectivity index (χ0n) is 14.1. The van der Waals surface area contributed by atoms with Crippen LogP contribution in [0.2, 0.25) is 5.02 Å². The predicted octanol–water partition coefficient (Wildman–Crippen LogP) is 3.46. The maximum absolute atomic E-state index is 13.2. The number of pyridine rings is 1. The van der Waals surface area contributed by atoms with Crippen LogP contribution in [0.25, 0.3) is 0 Å². The molecule has 2 rings (SSSR count). The van der Waals surface area contributed by atoms with Crippen LogP contribution >= 0.6 is 27.5 Å². The van der Waals surface area contributed by atoms with E-state index in [0.29, 0.717) is 6.92 Å². The van der Waals surface area contributed by atoms with Crippen molar-refractivity contribution < 1.29 is 30.8 Å². The molecule has 0 saturated carbocycles. The number of alkyl halides is 3. The maximum atomic E-state index is 13.2. The number of sulfonamides is 1. The molecule has 0 aromatic carbocycles. The van der Waals surface area contributed by atoms with Gasteiger partial charge in [0.05, 0.1) is 21.4 Å². The van der Waals surface area contributed by atoms with E-state index in [1.54, 1.807) is 0 Å². The van der Waals surface area contributed by atoms with Gasteiger partial charge in [0.25, 0.3) is 5.91 Å². The summed E-state index contributed by atoms with van der Waals surface area (Å²) in [4.78, 5) is 15.1. The highest BCUT2D eigenvalue weighted by molar-refractivity contribution is 9.10. The SMILES string of the molecule is C[C@@H](NS(=O)(=O)c1cn(C)c(C(=O)Nc2cnc(F)c(Br)c2)c1Cl)C(F)(F)F. The molecule has 0 unspecified atom stereocenters. The average Bonchev–Trinajstić information content (AvgIpc) is 2.85. The van der Waals surface area contributed by atoms with Gasteiger partial charge in [-0.2, -0.15) is 22.3 Å². The Kier molecular flexibility index (Phi) is 6.43. The molecule has 28 heavy (non-hydrogen) atoms. The predicted molar refractivity (Wildman–Crippen MR) is 96.1 cm³/mol. The molecule has 0 saturated heterocycles. The van der Waals surface area contributed by atoms with Crippen LogP contribution in [-0.4, -0.2) is 36.1 Å². The molecule has 1 amide bonds. The number of hydrogen-bond acceptors (Lipinski definition) is 4. The molecular weight excluding hydrogens is 496 g/mol. The molecule has 0 aliphatic rings. The van der Waals surface area contributed by atoms with Crippen molar-refractivity contribution in [3.63, 3.8) is 0 Å². The average molecular weight is 508 g/mol. The van der Waals surface area contributed by atoms with E-state index in [-0.39, 0.29) is 15.9 Å². The third kappa shape index (κ3) is 4.82. The van der Waals surface area contributed by atoms with Gasteiger partial charge in [-0.1, -0.05) is 11.6 Å². The van der Waals surface area contributed by atoms with E-state index in [2.05, 4.69) is 26.2 Å². The van der Waals surface area contributed by atoms with E-state index in [1.165, 1.54) is 17.8 Å². The van der Waals surface area contributed by atoms with Gasteiger partial charge >= 0.3 is 6.18 Å². The smallest absolute Gasteiger partial charge is 0.344 e. The lowest BCUT2D eigenvalue weighted by atomic mass is 10.3. The first kappa shape index (κ1) is 22.6. The Morgan fingerprint density at radius 3 is 2.54 bits per heavy atom. The molecule has 7 nitrogen and oxygen atoms in total. The summed E-state index contributed by atoms with van der Waals surface area (Å²) in [6.07, 6.45) is -2.89. The molecular formula is C14H12BrClF4N4O3S. The van der Waals surface area contributed by atoms with Gasteiger partial charge in [0.2, 0.25) is 16.0 Å². The van der Waals surface area contributed by atoms with Crippen LogP contribution in [0.1, 0.15) is 17.4 Å². The fourth-order valence-corrected chi connectivity index (χ4v) is 4.34. The second-order valence-electron chi connectivity index (χ2n) is 5.60. The minimum Gasteiger partial charge on any atom is -0.344 e. The van der Waals surface area contributed by atoms with Crippen molar-refractivity contribution in [2.24, 2.45) is 7.05 Å². The molecule has 2 aromatic heterocycles. The molecule has 0 radical (unpaired) electrons. The van der Waals surface area contributed by atoms with E-state index < -0.39 is 44.0 Å². The number of halogens is 6. The van der Waals surface area contributed by atoms with Crippen LogP contribution in [0, 0.1) is 5.95 Å². The van der Waals surface area contributed by atoms with Crippen molar-refractivity contribution in [3.05, 3.63) is 39.6 Å². The first-order valence-electron chi connectivity index (χ1n) is 7.30. The Morgan fingerprint density at radius 1 is 1.39 bits per heavy atom. The highest BCUT2D eigenvalue weighted by Gasteiger charge is 2.40. The number of hydrogen-bond donors (Lipinski definition) is 2. The van der Waals surface area contributed by atoms with Gasteiger partial charge in [0.15, 0.2) is 0 Å². The number of carbonyl (C=O) groups is 1. The van der Waals surface area contributed by atoms with E-state index in [1.807, 2.05) is 0 Å². The molecule has 14 heteroatoms. The minimum atomic E-state index is -4.81. The number of anilines is 1. The van der Waals surface area contributed by atoms with Gasteiger partial charge in [-0.15, -0.1) is 0 Å². The summed E-state index contributed by atoms with van der Waals surface area (Å²) in [6.45, 7) is 0.626. The lowest BCUT2D eigenvalue weighted by Crippen LogP contribution is -2.42. The number of nitrogens with one attached hydrogen (secondary N) is 2. The summed E-state index contributed by atoms with van der Waals surface area (Å²) in [5, 5.41) is 1.77. The summed E-state index contributed by atoms with van der Waals surface area (Å²) in [5.41, 5.74) is -0.258. The van der Waals surface area contributed by atoms with Crippen molar-refractivity contribution in [3.8, 4) is 0 Å². The molecule has 0 bridgehead atoms. The normalized spacial score (nSPS) is 13.4. The van der Waals surface area contributed by atoms with Gasteiger partial charge in [-0.25, -0.2) is 13.4 Å². The van der Waals surface area contributed by atoms with Crippen molar-refractivity contribution in [2.45, 2.75) is 24.0 Å². The van der Waals surface area contributed by atoms with Gasteiger partial charge in [-0.05, 0) is 28.9 Å². The molecule has 0 aliphatic carbocycles. The zero-order valence-corrected chi connectivity index (χ0v) is 17.3. The molecule has 2 N–H and O–H groups in total. The van der Waals surface area contributed by atoms with E-state index in [9.17, 15) is 30.8 Å². The number of amides is 1. The second kappa shape index (κ2) is 7.97. The Labute approximate surface area is 170 Å². The van der Waals surface area contributed by atoms with Gasteiger partial charge in [0, 0.05) is 13.2 Å². The zero-order chi connectivity index (χ0) is 21.4. The number of aryl methyl sites for hydroxylation is 1.